The molecule has 3 N–H and O–H groups in total. The quantitative estimate of drug-likeness (QED) is 0.279. The van der Waals surface area contributed by atoms with Crippen LogP contribution in [-0.4, -0.2) is 9.97 Å². The number of nitrogen functional groups attached to an aromatic ring is 1. The van der Waals surface area contributed by atoms with Crippen molar-refractivity contribution in [1.29, 1.82) is 5.26 Å². The molecular weight excluding hydrogens is 438 g/mol. The van der Waals surface area contributed by atoms with Crippen LogP contribution in [0.1, 0.15) is 11.1 Å². The van der Waals surface area contributed by atoms with Gasteiger partial charge in [-0.05, 0) is 48.0 Å². The van der Waals surface area contributed by atoms with Crippen molar-refractivity contribution in [3.05, 3.63) is 109 Å². The average molecular weight is 460 g/mol. The third-order valence-corrected chi connectivity index (χ3v) is 5.37. The van der Waals surface area contributed by atoms with Crippen LogP contribution in [0, 0.1) is 11.3 Å². The zero-order valence-corrected chi connectivity index (χ0v) is 18.7. The van der Waals surface area contributed by atoms with Crippen molar-refractivity contribution in [2.24, 2.45) is 0 Å². The molecule has 2 heterocycles. The monoisotopic (exact) mass is 459 g/mol. The maximum absolute atomic E-state index is 9.69. The van der Waals surface area contributed by atoms with Gasteiger partial charge in [0.2, 0.25) is 0 Å². The number of nitrogens with two attached hydrogens (primary N) is 1. The smallest absolute Gasteiger partial charge is 0.152 e. The van der Waals surface area contributed by atoms with Gasteiger partial charge in [-0.15, -0.1) is 0 Å². The van der Waals surface area contributed by atoms with Crippen LogP contribution in [0.3, 0.4) is 0 Å². The minimum absolute atomic E-state index is 0.407. The van der Waals surface area contributed by atoms with E-state index in [1.807, 2.05) is 54.6 Å². The minimum atomic E-state index is 0.407. The number of ether oxygens (including phenoxy) is 2. The normalized spacial score (nSPS) is 10.5. The molecule has 0 aliphatic heterocycles. The molecule has 2 aromatic heterocycles. The maximum atomic E-state index is 9.69. The summed E-state index contributed by atoms with van der Waals surface area (Å²) in [5.41, 5.74) is 10.3. The Balaban J connectivity index is 1.40. The first-order valence-electron chi connectivity index (χ1n) is 10.9. The standard InChI is InChI=1S/C28H21N5O2/c29-16-20-17-32-26-15-27(35-23-10-12-31-13-11-23)25(30)14-24(26)28(20)33-21-6-8-22(9-7-21)34-18-19-4-2-1-3-5-19/h1-15,17H,18,30H2,(H,32,33). The van der Waals surface area contributed by atoms with E-state index in [9.17, 15) is 5.26 Å². The Kier molecular flexibility index (Phi) is 6.09. The molecule has 0 saturated heterocycles. The Morgan fingerprint density at radius 3 is 2.43 bits per heavy atom. The molecule has 0 atom stereocenters. The highest BCUT2D eigenvalue weighted by Crippen LogP contribution is 2.36. The molecule has 0 radical (unpaired) electrons. The number of nitrogens with one attached hydrogen (secondary N) is 1. The number of fused-ring (bicyclic) bond motifs is 1. The summed E-state index contributed by atoms with van der Waals surface area (Å²) in [6.07, 6.45) is 4.82. The summed E-state index contributed by atoms with van der Waals surface area (Å²) in [5.74, 6) is 1.85. The third-order valence-electron chi connectivity index (χ3n) is 5.37. The first kappa shape index (κ1) is 21.7. The molecule has 0 amide bonds. The van der Waals surface area contributed by atoms with Crippen LogP contribution >= 0.6 is 0 Å². The molecule has 0 spiro atoms. The number of pyridine rings is 2. The van der Waals surface area contributed by atoms with Crippen molar-refractivity contribution in [1.82, 2.24) is 9.97 Å². The first-order chi connectivity index (χ1) is 17.2. The van der Waals surface area contributed by atoms with Crippen LogP contribution < -0.4 is 20.5 Å². The van der Waals surface area contributed by atoms with Gasteiger partial charge >= 0.3 is 0 Å². The van der Waals surface area contributed by atoms with Gasteiger partial charge in [-0.25, -0.2) is 0 Å². The van der Waals surface area contributed by atoms with E-state index in [1.165, 1.54) is 6.20 Å². The van der Waals surface area contributed by atoms with Crippen molar-refractivity contribution < 1.29 is 9.47 Å². The molecule has 7 nitrogen and oxygen atoms in total. The van der Waals surface area contributed by atoms with Gasteiger partial charge in [0.1, 0.15) is 24.2 Å². The van der Waals surface area contributed by atoms with Gasteiger partial charge < -0.3 is 20.5 Å². The predicted octanol–water partition coefficient (Wildman–Crippen LogP) is 6.20. The highest BCUT2D eigenvalue weighted by Gasteiger charge is 2.13. The summed E-state index contributed by atoms with van der Waals surface area (Å²) in [4.78, 5) is 8.42. The number of nitriles is 1. The van der Waals surface area contributed by atoms with E-state index >= 15 is 0 Å². The van der Waals surface area contributed by atoms with Gasteiger partial charge in [0.05, 0.1) is 22.5 Å². The number of rotatable bonds is 7. The summed E-state index contributed by atoms with van der Waals surface area (Å²) in [6.45, 7) is 0.490. The highest BCUT2D eigenvalue weighted by atomic mass is 16.5. The van der Waals surface area contributed by atoms with Gasteiger partial charge in [0, 0.05) is 35.7 Å². The predicted molar refractivity (Wildman–Crippen MR) is 136 cm³/mol. The highest BCUT2D eigenvalue weighted by molar-refractivity contribution is 5.98. The molecule has 170 valence electrons. The van der Waals surface area contributed by atoms with Crippen LogP contribution in [0.25, 0.3) is 10.9 Å². The summed E-state index contributed by atoms with van der Waals surface area (Å²) in [5, 5.41) is 13.7. The van der Waals surface area contributed by atoms with Crippen molar-refractivity contribution in [2.45, 2.75) is 6.61 Å². The van der Waals surface area contributed by atoms with E-state index in [0.717, 1.165) is 17.0 Å². The Bertz CT molecular complexity index is 1500. The molecule has 5 aromatic rings. The molecule has 0 fully saturated rings. The molecule has 7 heteroatoms. The molecule has 0 aliphatic carbocycles. The second-order valence-corrected chi connectivity index (χ2v) is 7.77. The molecule has 0 saturated carbocycles. The lowest BCUT2D eigenvalue weighted by molar-refractivity contribution is 0.306. The Labute approximate surface area is 202 Å². The number of hydrogen-bond acceptors (Lipinski definition) is 7. The van der Waals surface area contributed by atoms with Gasteiger partial charge in [0.25, 0.3) is 0 Å². The Hall–Kier alpha value is -5.09. The topological polar surface area (TPSA) is 106 Å². The van der Waals surface area contributed by atoms with E-state index in [2.05, 4.69) is 21.4 Å². The zero-order valence-electron chi connectivity index (χ0n) is 18.7. The van der Waals surface area contributed by atoms with Gasteiger partial charge in [-0.2, -0.15) is 5.26 Å². The van der Waals surface area contributed by atoms with Gasteiger partial charge in [0.15, 0.2) is 5.75 Å². The lowest BCUT2D eigenvalue weighted by Crippen LogP contribution is -1.99. The van der Waals surface area contributed by atoms with Crippen molar-refractivity contribution in [3.8, 4) is 23.3 Å². The van der Waals surface area contributed by atoms with Crippen molar-refractivity contribution in [2.75, 3.05) is 11.1 Å². The fourth-order valence-corrected chi connectivity index (χ4v) is 3.60. The molecule has 5 rings (SSSR count). The lowest BCUT2D eigenvalue weighted by atomic mass is 10.1. The molecule has 0 unspecified atom stereocenters. The first-order valence-corrected chi connectivity index (χ1v) is 10.9. The van der Waals surface area contributed by atoms with Crippen LogP contribution in [0.5, 0.6) is 17.2 Å². The summed E-state index contributed by atoms with van der Waals surface area (Å²) in [7, 11) is 0. The van der Waals surface area contributed by atoms with E-state index in [0.29, 0.717) is 45.9 Å². The Morgan fingerprint density at radius 2 is 1.69 bits per heavy atom. The molecule has 3 aromatic carbocycles. The van der Waals surface area contributed by atoms with E-state index in [-0.39, 0.29) is 0 Å². The largest absolute Gasteiger partial charge is 0.489 e. The SMILES string of the molecule is N#Cc1cnc2cc(Oc3ccncc3)c(N)cc2c1Nc1ccc(OCc2ccccc2)cc1. The Morgan fingerprint density at radius 1 is 0.914 bits per heavy atom. The van der Waals surface area contributed by atoms with Crippen LogP contribution in [0.2, 0.25) is 0 Å². The second kappa shape index (κ2) is 9.81. The van der Waals surface area contributed by atoms with E-state index < -0.39 is 0 Å². The van der Waals surface area contributed by atoms with Crippen molar-refractivity contribution in [3.63, 3.8) is 0 Å². The van der Waals surface area contributed by atoms with Crippen LogP contribution in [0.15, 0.2) is 97.5 Å². The molecule has 35 heavy (non-hydrogen) atoms. The molecular formula is C28H21N5O2. The van der Waals surface area contributed by atoms with Gasteiger partial charge in [-0.3, -0.25) is 9.97 Å². The number of anilines is 3. The number of nitrogens with zero attached hydrogens (tertiary/aromatic N) is 3. The van der Waals surface area contributed by atoms with Gasteiger partial charge in [-0.1, -0.05) is 30.3 Å². The van der Waals surface area contributed by atoms with Crippen LogP contribution in [-0.2, 0) is 6.61 Å². The molecule has 0 aliphatic rings. The average Bonchev–Trinajstić information content (AvgIpc) is 2.90. The fraction of sp³-hybridized carbons (Fsp3) is 0.0357. The van der Waals surface area contributed by atoms with E-state index in [1.54, 1.807) is 36.7 Å². The van der Waals surface area contributed by atoms with Crippen LogP contribution in [0.4, 0.5) is 17.1 Å². The van der Waals surface area contributed by atoms with Crippen molar-refractivity contribution >= 4 is 28.0 Å². The summed E-state index contributed by atoms with van der Waals surface area (Å²) >= 11 is 0. The molecule has 0 bridgehead atoms. The summed E-state index contributed by atoms with van der Waals surface area (Å²) < 4.78 is 11.8. The lowest BCUT2D eigenvalue weighted by Gasteiger charge is -2.15. The third kappa shape index (κ3) is 4.97. The number of aromatic nitrogens is 2. The zero-order chi connectivity index (χ0) is 24.0. The van der Waals surface area contributed by atoms with E-state index in [4.69, 9.17) is 15.2 Å². The fourth-order valence-electron chi connectivity index (χ4n) is 3.60. The summed E-state index contributed by atoms with van der Waals surface area (Å²) in [6, 6.07) is 26.8. The number of hydrogen-bond donors (Lipinski definition) is 2. The number of benzene rings is 3. The maximum Gasteiger partial charge on any atom is 0.152 e. The second-order valence-electron chi connectivity index (χ2n) is 7.77. The minimum Gasteiger partial charge on any atom is -0.489 e.